The Morgan fingerprint density at radius 1 is 1.02 bits per heavy atom. The van der Waals surface area contributed by atoms with E-state index in [-0.39, 0.29) is 16.7 Å². The minimum atomic E-state index is -1.11. The van der Waals surface area contributed by atoms with Crippen LogP contribution in [0.15, 0.2) is 54.7 Å². The fourth-order valence-electron chi connectivity index (χ4n) is 6.16. The predicted molar refractivity (Wildman–Crippen MR) is 224 cm³/mol. The van der Waals surface area contributed by atoms with E-state index in [1.165, 1.54) is 24.2 Å². The van der Waals surface area contributed by atoms with E-state index in [0.29, 0.717) is 39.0 Å². The predicted octanol–water partition coefficient (Wildman–Crippen LogP) is 8.85. The van der Waals surface area contributed by atoms with Gasteiger partial charge in [0.05, 0.1) is 39.2 Å². The van der Waals surface area contributed by atoms with Gasteiger partial charge in [-0.2, -0.15) is 0 Å². The molecule has 0 aliphatic carbocycles. The maximum Gasteiger partial charge on any atom is 0.267 e. The molecule has 0 saturated carbocycles. The second-order valence-electron chi connectivity index (χ2n) is 14.7. The number of thiazole rings is 1. The van der Waals surface area contributed by atoms with Crippen LogP contribution in [0.2, 0.25) is 5.02 Å². The lowest BCUT2D eigenvalue weighted by atomic mass is 10.0. The SMILES string of the molecule is CCCC(NS(=O)C(C)(C)C)c1ccc(OCCCCCCN2CCN(c3cc(Nc4ncc(C(=O)Nc5c(C)cccc5Cl)s4)nc(C)n3)CC2)cc1. The normalized spacial score (nSPS) is 14.8. The number of aromatic nitrogens is 3. The second-order valence-corrected chi connectivity index (χ2v) is 18.1. The first-order valence-corrected chi connectivity index (χ1v) is 21.3. The van der Waals surface area contributed by atoms with E-state index in [2.05, 4.69) is 54.2 Å². The highest BCUT2D eigenvalue weighted by molar-refractivity contribution is 7.84. The van der Waals surface area contributed by atoms with Crippen molar-refractivity contribution in [1.82, 2.24) is 24.6 Å². The number of para-hydroxylation sites is 1. The Bertz CT molecular complexity index is 1820. The van der Waals surface area contributed by atoms with Crippen molar-refractivity contribution in [2.75, 3.05) is 54.9 Å². The summed E-state index contributed by atoms with van der Waals surface area (Å²) in [6.07, 6.45) is 8.02. The third kappa shape index (κ3) is 12.2. The topological polar surface area (TPSA) is 125 Å². The first-order valence-electron chi connectivity index (χ1n) is 18.9. The Morgan fingerprint density at radius 2 is 1.76 bits per heavy atom. The molecule has 1 aliphatic rings. The summed E-state index contributed by atoms with van der Waals surface area (Å²) in [6.45, 7) is 17.5. The molecule has 2 atom stereocenters. The van der Waals surface area contributed by atoms with Gasteiger partial charge in [-0.3, -0.25) is 9.69 Å². The van der Waals surface area contributed by atoms with Gasteiger partial charge in [-0.25, -0.2) is 23.9 Å². The molecule has 1 fully saturated rings. The molecule has 1 amide bonds. The third-order valence-corrected chi connectivity index (χ3v) is 12.1. The van der Waals surface area contributed by atoms with Crippen LogP contribution < -0.4 is 25.0 Å². The van der Waals surface area contributed by atoms with E-state index < -0.39 is 11.0 Å². The number of benzene rings is 2. The summed E-state index contributed by atoms with van der Waals surface area (Å²) < 4.78 is 21.7. The average Bonchev–Trinajstić information content (AvgIpc) is 3.61. The summed E-state index contributed by atoms with van der Waals surface area (Å²) in [4.78, 5) is 31.9. The molecule has 14 heteroatoms. The quantitative estimate of drug-likeness (QED) is 0.0848. The number of hydrogen-bond donors (Lipinski definition) is 3. The number of anilines is 4. The number of nitrogens with one attached hydrogen (secondary N) is 3. The zero-order valence-electron chi connectivity index (χ0n) is 32.4. The molecule has 4 aromatic rings. The number of unbranched alkanes of at least 4 members (excludes halogenated alkanes) is 3. The highest BCUT2D eigenvalue weighted by Gasteiger charge is 2.24. The molecule has 3 heterocycles. The molecule has 0 radical (unpaired) electrons. The zero-order chi connectivity index (χ0) is 38.7. The maximum atomic E-state index is 12.9. The first kappa shape index (κ1) is 41.5. The molecule has 2 aromatic heterocycles. The van der Waals surface area contributed by atoms with E-state index in [1.807, 2.05) is 65.0 Å². The molecular weight excluding hydrogens is 740 g/mol. The molecule has 11 nitrogen and oxygen atoms in total. The first-order chi connectivity index (χ1) is 25.9. The highest BCUT2D eigenvalue weighted by Crippen LogP contribution is 2.29. The highest BCUT2D eigenvalue weighted by atomic mass is 35.5. The van der Waals surface area contributed by atoms with Crippen LogP contribution in [0.3, 0.4) is 0 Å². The molecule has 292 valence electrons. The van der Waals surface area contributed by atoms with E-state index in [9.17, 15) is 9.00 Å². The van der Waals surface area contributed by atoms with Crippen LogP contribution in [-0.4, -0.2) is 74.0 Å². The summed E-state index contributed by atoms with van der Waals surface area (Å²) in [6, 6.07) is 15.8. The number of ether oxygens (including phenoxy) is 1. The number of carbonyl (C=O) groups excluding carboxylic acids is 1. The Kier molecular flexibility index (Phi) is 15.2. The third-order valence-electron chi connectivity index (χ3n) is 9.25. The molecular formula is C40H55ClN8O3S2. The van der Waals surface area contributed by atoms with Crippen LogP contribution in [-0.2, 0) is 11.0 Å². The van der Waals surface area contributed by atoms with Crippen molar-refractivity contribution in [1.29, 1.82) is 0 Å². The lowest BCUT2D eigenvalue weighted by molar-refractivity contribution is 0.103. The number of rotatable bonds is 18. The largest absolute Gasteiger partial charge is 0.494 e. The second kappa shape index (κ2) is 19.8. The van der Waals surface area contributed by atoms with Gasteiger partial charge in [0.2, 0.25) is 0 Å². The van der Waals surface area contributed by atoms with Gasteiger partial charge in [0.15, 0.2) is 5.13 Å². The zero-order valence-corrected chi connectivity index (χ0v) is 34.8. The van der Waals surface area contributed by atoms with Crippen LogP contribution in [0.4, 0.5) is 22.5 Å². The fourth-order valence-corrected chi connectivity index (χ4v) is 8.01. The number of hydrogen-bond acceptors (Lipinski definition) is 10. The summed E-state index contributed by atoms with van der Waals surface area (Å²) in [5.41, 5.74) is 2.64. The van der Waals surface area contributed by atoms with Gasteiger partial charge in [0.25, 0.3) is 5.91 Å². The standard InChI is InChI=1S/C40H55ClN8O3S2/c1-7-13-33(47-54(51)40(4,5)6)30-16-18-31(19-17-30)52-25-11-9-8-10-20-48-21-23-49(24-22-48)36-26-35(43-29(3)44-36)45-39-42-27-34(53-39)38(50)46-37-28(2)14-12-15-32(37)41/h12,14-19,26-27,33,47H,7-11,13,20-25H2,1-6H3,(H,46,50)(H,42,43,44,45). The summed E-state index contributed by atoms with van der Waals surface area (Å²) in [5, 5.41) is 7.24. The van der Waals surface area contributed by atoms with Crippen molar-refractivity contribution >= 4 is 62.3 Å². The van der Waals surface area contributed by atoms with Gasteiger partial charge < -0.3 is 20.3 Å². The maximum absolute atomic E-state index is 12.9. The number of halogens is 1. The van der Waals surface area contributed by atoms with Crippen molar-refractivity contribution in [3.05, 3.63) is 81.6 Å². The van der Waals surface area contributed by atoms with Crippen molar-refractivity contribution in [2.45, 2.75) is 90.9 Å². The van der Waals surface area contributed by atoms with E-state index >= 15 is 0 Å². The molecule has 2 aromatic carbocycles. The van der Waals surface area contributed by atoms with Crippen molar-refractivity contribution < 1.29 is 13.7 Å². The van der Waals surface area contributed by atoms with Gasteiger partial charge in [0, 0.05) is 38.3 Å². The average molecular weight is 796 g/mol. The summed E-state index contributed by atoms with van der Waals surface area (Å²) >= 11 is 7.55. The molecule has 54 heavy (non-hydrogen) atoms. The van der Waals surface area contributed by atoms with Crippen molar-refractivity contribution in [3.8, 4) is 5.75 Å². The van der Waals surface area contributed by atoms with Crippen LogP contribution in [0, 0.1) is 13.8 Å². The van der Waals surface area contributed by atoms with Crippen LogP contribution >= 0.6 is 22.9 Å². The van der Waals surface area contributed by atoms with Gasteiger partial charge in [-0.1, -0.05) is 73.4 Å². The summed E-state index contributed by atoms with van der Waals surface area (Å²) in [7, 11) is -1.11. The molecule has 5 rings (SSSR count). The van der Waals surface area contributed by atoms with Gasteiger partial charge in [-0.15, -0.1) is 0 Å². The van der Waals surface area contributed by atoms with Crippen molar-refractivity contribution in [3.63, 3.8) is 0 Å². The van der Waals surface area contributed by atoms with Gasteiger partial charge >= 0.3 is 0 Å². The lowest BCUT2D eigenvalue weighted by Gasteiger charge is -2.35. The number of nitrogens with zero attached hydrogens (tertiary/aromatic N) is 5. The Balaban J connectivity index is 0.989. The Morgan fingerprint density at radius 3 is 2.46 bits per heavy atom. The monoisotopic (exact) mass is 794 g/mol. The van der Waals surface area contributed by atoms with Crippen LogP contribution in [0.25, 0.3) is 0 Å². The van der Waals surface area contributed by atoms with E-state index in [0.717, 1.165) is 81.1 Å². The smallest absolute Gasteiger partial charge is 0.267 e. The molecule has 1 saturated heterocycles. The number of carbonyl (C=O) groups is 1. The minimum Gasteiger partial charge on any atom is -0.494 e. The molecule has 0 bridgehead atoms. The number of amides is 1. The van der Waals surface area contributed by atoms with Crippen LogP contribution in [0.5, 0.6) is 5.75 Å². The van der Waals surface area contributed by atoms with Crippen LogP contribution in [0.1, 0.15) is 98.9 Å². The molecule has 1 aliphatic heterocycles. The Labute approximate surface area is 332 Å². The fraction of sp³-hybridized carbons (Fsp3) is 0.500. The minimum absolute atomic E-state index is 0.0670. The number of piperazine rings is 1. The van der Waals surface area contributed by atoms with Gasteiger partial charge in [0.1, 0.15) is 28.1 Å². The number of aryl methyl sites for hydroxylation is 2. The molecule has 3 N–H and O–H groups in total. The van der Waals surface area contributed by atoms with Gasteiger partial charge in [-0.05, 0) is 89.8 Å². The lowest BCUT2D eigenvalue weighted by Crippen LogP contribution is -2.47. The molecule has 2 unspecified atom stereocenters. The van der Waals surface area contributed by atoms with E-state index in [4.69, 9.17) is 21.3 Å². The summed E-state index contributed by atoms with van der Waals surface area (Å²) in [5.74, 6) is 2.83. The Hall–Kier alpha value is -3.62. The molecule has 0 spiro atoms. The van der Waals surface area contributed by atoms with Crippen molar-refractivity contribution in [2.24, 2.45) is 0 Å². The van der Waals surface area contributed by atoms with E-state index in [1.54, 1.807) is 12.3 Å².